The molecule has 0 saturated heterocycles. The lowest BCUT2D eigenvalue weighted by Crippen LogP contribution is -2.38. The van der Waals surface area contributed by atoms with Gasteiger partial charge in [-0.2, -0.15) is 0 Å². The molecule has 1 amide bonds. The van der Waals surface area contributed by atoms with Crippen LogP contribution in [0.1, 0.15) is 54.1 Å². The fourth-order valence-corrected chi connectivity index (χ4v) is 3.38. The third-order valence-electron chi connectivity index (χ3n) is 4.41. The molecule has 1 saturated carbocycles. The molecule has 1 aliphatic rings. The standard InChI is InChI=1S/C18H25NO4/c1-4-19(15-7-5-6-8-15)18(22)14-9-12(2)17(13(3)10-14)23-11-16(20)21/h9-10,15H,4-8,11H2,1-3H3,(H,20,21). The molecule has 0 heterocycles. The van der Waals surface area contributed by atoms with Crippen LogP contribution in [-0.2, 0) is 4.79 Å². The number of benzene rings is 1. The van der Waals surface area contributed by atoms with Crippen LogP contribution in [0.4, 0.5) is 0 Å². The van der Waals surface area contributed by atoms with E-state index < -0.39 is 5.97 Å². The molecule has 0 unspecified atom stereocenters. The van der Waals surface area contributed by atoms with Crippen LogP contribution in [0.3, 0.4) is 0 Å². The highest BCUT2D eigenvalue weighted by molar-refractivity contribution is 5.95. The van der Waals surface area contributed by atoms with Gasteiger partial charge in [0.25, 0.3) is 5.91 Å². The van der Waals surface area contributed by atoms with Gasteiger partial charge < -0.3 is 14.7 Å². The minimum Gasteiger partial charge on any atom is -0.481 e. The molecule has 1 aromatic rings. The first kappa shape index (κ1) is 17.3. The smallest absolute Gasteiger partial charge is 0.341 e. The van der Waals surface area contributed by atoms with Crippen molar-refractivity contribution in [3.63, 3.8) is 0 Å². The number of carboxylic acid groups (broad SMARTS) is 1. The average Bonchev–Trinajstić information content (AvgIpc) is 3.00. The zero-order chi connectivity index (χ0) is 17.0. The molecule has 1 N–H and O–H groups in total. The van der Waals surface area contributed by atoms with Crippen LogP contribution in [0.15, 0.2) is 12.1 Å². The maximum absolute atomic E-state index is 12.8. The van der Waals surface area contributed by atoms with E-state index >= 15 is 0 Å². The minimum atomic E-state index is -1.01. The monoisotopic (exact) mass is 319 g/mol. The summed E-state index contributed by atoms with van der Waals surface area (Å²) in [5.74, 6) is -0.411. The van der Waals surface area contributed by atoms with E-state index in [2.05, 4.69) is 0 Å². The Morgan fingerprint density at radius 3 is 2.26 bits per heavy atom. The third kappa shape index (κ3) is 4.03. The quantitative estimate of drug-likeness (QED) is 0.874. The lowest BCUT2D eigenvalue weighted by atomic mass is 10.0. The summed E-state index contributed by atoms with van der Waals surface area (Å²) in [5.41, 5.74) is 2.23. The molecule has 0 aliphatic heterocycles. The zero-order valence-corrected chi connectivity index (χ0v) is 14.1. The topological polar surface area (TPSA) is 66.8 Å². The molecule has 2 rings (SSSR count). The second-order valence-electron chi connectivity index (χ2n) is 6.15. The van der Waals surface area contributed by atoms with Crippen LogP contribution in [0, 0.1) is 13.8 Å². The molecule has 5 heteroatoms. The first-order valence-electron chi connectivity index (χ1n) is 8.20. The molecule has 1 aromatic carbocycles. The number of carbonyl (C=O) groups excluding carboxylic acids is 1. The largest absolute Gasteiger partial charge is 0.481 e. The van der Waals surface area contributed by atoms with Gasteiger partial charge in [-0.15, -0.1) is 0 Å². The van der Waals surface area contributed by atoms with E-state index in [0.29, 0.717) is 23.9 Å². The molecule has 126 valence electrons. The predicted molar refractivity (Wildman–Crippen MR) is 88.0 cm³/mol. The number of aryl methyl sites for hydroxylation is 2. The second-order valence-corrected chi connectivity index (χ2v) is 6.15. The van der Waals surface area contributed by atoms with E-state index in [1.807, 2.05) is 25.7 Å². The first-order valence-corrected chi connectivity index (χ1v) is 8.20. The van der Waals surface area contributed by atoms with E-state index in [4.69, 9.17) is 9.84 Å². The van der Waals surface area contributed by atoms with Gasteiger partial charge in [0.05, 0.1) is 0 Å². The summed E-state index contributed by atoms with van der Waals surface area (Å²) in [6.07, 6.45) is 4.54. The molecule has 0 radical (unpaired) electrons. The Labute approximate surface area is 137 Å². The SMILES string of the molecule is CCN(C(=O)c1cc(C)c(OCC(=O)O)c(C)c1)C1CCCC1. The summed E-state index contributed by atoms with van der Waals surface area (Å²) >= 11 is 0. The fourth-order valence-electron chi connectivity index (χ4n) is 3.38. The van der Waals surface area contributed by atoms with Gasteiger partial charge in [-0.1, -0.05) is 12.8 Å². The Morgan fingerprint density at radius 2 is 1.78 bits per heavy atom. The number of ether oxygens (including phenoxy) is 1. The molecular weight excluding hydrogens is 294 g/mol. The minimum absolute atomic E-state index is 0.0513. The van der Waals surface area contributed by atoms with Gasteiger partial charge in [-0.05, 0) is 56.9 Å². The normalized spacial score (nSPS) is 14.7. The summed E-state index contributed by atoms with van der Waals surface area (Å²) in [4.78, 5) is 25.5. The Bertz CT molecular complexity index is 568. The van der Waals surface area contributed by atoms with Crippen LogP contribution >= 0.6 is 0 Å². The maximum Gasteiger partial charge on any atom is 0.341 e. The lowest BCUT2D eigenvalue weighted by Gasteiger charge is -2.28. The van der Waals surface area contributed by atoms with Crippen molar-refractivity contribution in [1.82, 2.24) is 4.90 Å². The molecule has 1 aliphatic carbocycles. The van der Waals surface area contributed by atoms with Gasteiger partial charge in [-0.25, -0.2) is 4.79 Å². The van der Waals surface area contributed by atoms with Gasteiger partial charge in [0.15, 0.2) is 6.61 Å². The molecule has 0 aromatic heterocycles. The van der Waals surface area contributed by atoms with Crippen LogP contribution in [-0.4, -0.2) is 41.1 Å². The fraction of sp³-hybridized carbons (Fsp3) is 0.556. The number of hydrogen-bond acceptors (Lipinski definition) is 3. The summed E-state index contributed by atoms with van der Waals surface area (Å²) < 4.78 is 5.33. The maximum atomic E-state index is 12.8. The average molecular weight is 319 g/mol. The Balaban J connectivity index is 2.21. The Hall–Kier alpha value is -2.04. The number of carboxylic acids is 1. The highest BCUT2D eigenvalue weighted by Crippen LogP contribution is 2.28. The van der Waals surface area contributed by atoms with Crippen molar-refractivity contribution < 1.29 is 19.4 Å². The molecule has 23 heavy (non-hydrogen) atoms. The van der Waals surface area contributed by atoms with Gasteiger partial charge in [0.1, 0.15) is 5.75 Å². The van der Waals surface area contributed by atoms with Gasteiger partial charge in [0, 0.05) is 18.2 Å². The molecule has 0 spiro atoms. The van der Waals surface area contributed by atoms with Crippen LogP contribution in [0.25, 0.3) is 0 Å². The summed E-state index contributed by atoms with van der Waals surface area (Å²) in [6.45, 7) is 6.02. The summed E-state index contributed by atoms with van der Waals surface area (Å²) in [6, 6.07) is 3.94. The zero-order valence-electron chi connectivity index (χ0n) is 14.1. The highest BCUT2D eigenvalue weighted by Gasteiger charge is 2.26. The van der Waals surface area contributed by atoms with E-state index in [-0.39, 0.29) is 12.5 Å². The Morgan fingerprint density at radius 1 is 1.22 bits per heavy atom. The second kappa shape index (κ2) is 7.49. The molecule has 0 atom stereocenters. The van der Waals surface area contributed by atoms with Gasteiger partial charge in [0.2, 0.25) is 0 Å². The van der Waals surface area contributed by atoms with Crippen molar-refractivity contribution in [2.24, 2.45) is 0 Å². The number of aliphatic carboxylic acids is 1. The number of carbonyl (C=O) groups is 2. The molecule has 1 fully saturated rings. The lowest BCUT2D eigenvalue weighted by molar-refractivity contribution is -0.139. The third-order valence-corrected chi connectivity index (χ3v) is 4.41. The van der Waals surface area contributed by atoms with Crippen molar-refractivity contribution in [3.05, 3.63) is 28.8 Å². The predicted octanol–water partition coefficient (Wildman–Crippen LogP) is 3.17. The Kier molecular flexibility index (Phi) is 5.64. The van der Waals surface area contributed by atoms with Crippen molar-refractivity contribution >= 4 is 11.9 Å². The van der Waals surface area contributed by atoms with Gasteiger partial charge >= 0.3 is 5.97 Å². The van der Waals surface area contributed by atoms with Gasteiger partial charge in [-0.3, -0.25) is 4.79 Å². The molecule has 0 bridgehead atoms. The summed E-state index contributed by atoms with van der Waals surface area (Å²) in [7, 11) is 0. The van der Waals surface area contributed by atoms with E-state index in [1.54, 1.807) is 12.1 Å². The van der Waals surface area contributed by atoms with E-state index in [1.165, 1.54) is 12.8 Å². The van der Waals surface area contributed by atoms with Crippen LogP contribution < -0.4 is 4.74 Å². The van der Waals surface area contributed by atoms with Crippen molar-refractivity contribution in [2.45, 2.75) is 52.5 Å². The van der Waals surface area contributed by atoms with E-state index in [9.17, 15) is 9.59 Å². The first-order chi connectivity index (χ1) is 10.9. The van der Waals surface area contributed by atoms with Crippen molar-refractivity contribution in [2.75, 3.05) is 13.2 Å². The van der Waals surface area contributed by atoms with E-state index in [0.717, 1.165) is 24.0 Å². The summed E-state index contributed by atoms with van der Waals surface area (Å²) in [5, 5.41) is 8.74. The molecular formula is C18H25NO4. The highest BCUT2D eigenvalue weighted by atomic mass is 16.5. The number of amides is 1. The number of nitrogens with zero attached hydrogens (tertiary/aromatic N) is 1. The number of rotatable bonds is 6. The van der Waals surface area contributed by atoms with Crippen molar-refractivity contribution in [1.29, 1.82) is 0 Å². The molecule has 5 nitrogen and oxygen atoms in total. The van der Waals surface area contributed by atoms with Crippen LogP contribution in [0.5, 0.6) is 5.75 Å². The van der Waals surface area contributed by atoms with Crippen molar-refractivity contribution in [3.8, 4) is 5.75 Å². The number of hydrogen-bond donors (Lipinski definition) is 1. The van der Waals surface area contributed by atoms with Crippen LogP contribution in [0.2, 0.25) is 0 Å².